The summed E-state index contributed by atoms with van der Waals surface area (Å²) in [5.41, 5.74) is 0.611. The van der Waals surface area contributed by atoms with Crippen molar-refractivity contribution in [3.8, 4) is 0 Å². The molecule has 6 heteroatoms. The largest absolute Gasteiger partial charge is 0.335 e. The summed E-state index contributed by atoms with van der Waals surface area (Å²) in [6.45, 7) is 1.48. The van der Waals surface area contributed by atoms with Crippen LogP contribution in [0.1, 0.15) is 38.5 Å². The lowest BCUT2D eigenvalue weighted by atomic mass is 9.78. The van der Waals surface area contributed by atoms with E-state index in [0.29, 0.717) is 29.2 Å². The van der Waals surface area contributed by atoms with E-state index < -0.39 is 0 Å². The highest BCUT2D eigenvalue weighted by molar-refractivity contribution is 6.33. The van der Waals surface area contributed by atoms with Gasteiger partial charge in [0.15, 0.2) is 13.1 Å². The van der Waals surface area contributed by atoms with Gasteiger partial charge in [-0.1, -0.05) is 36.6 Å². The van der Waals surface area contributed by atoms with Gasteiger partial charge in [-0.25, -0.2) is 0 Å². The first-order valence-corrected chi connectivity index (χ1v) is 10.1. The average molecular weight is 379 g/mol. The lowest BCUT2D eigenvalue weighted by Crippen LogP contribution is -3.11. The van der Waals surface area contributed by atoms with Crippen molar-refractivity contribution < 1.29 is 14.5 Å². The molecule has 5 nitrogen and oxygen atoms in total. The third kappa shape index (κ3) is 4.77. The molecule has 1 aliphatic carbocycles. The molecule has 0 aromatic heterocycles. The van der Waals surface area contributed by atoms with Crippen molar-refractivity contribution in [3.05, 3.63) is 29.3 Å². The minimum absolute atomic E-state index is 0.127. The Hall–Kier alpha value is -1.59. The highest BCUT2D eigenvalue weighted by Gasteiger charge is 2.36. The van der Waals surface area contributed by atoms with Gasteiger partial charge >= 0.3 is 0 Å². The lowest BCUT2D eigenvalue weighted by molar-refractivity contribution is -0.862. The zero-order chi connectivity index (χ0) is 18.5. The van der Waals surface area contributed by atoms with Gasteiger partial charge in [-0.15, -0.1) is 0 Å². The van der Waals surface area contributed by atoms with Crippen LogP contribution in [0.15, 0.2) is 24.3 Å². The minimum atomic E-state index is -0.127. The van der Waals surface area contributed by atoms with Crippen LogP contribution in [0.3, 0.4) is 0 Å². The van der Waals surface area contributed by atoms with Crippen LogP contribution in [0.5, 0.6) is 0 Å². The summed E-state index contributed by atoms with van der Waals surface area (Å²) >= 11 is 6.07. The summed E-state index contributed by atoms with van der Waals surface area (Å²) < 4.78 is 0. The molecule has 1 aromatic rings. The zero-order valence-corrected chi connectivity index (χ0v) is 16.2. The van der Waals surface area contributed by atoms with Crippen LogP contribution in [-0.4, -0.2) is 49.4 Å². The number of quaternary nitrogens is 1. The van der Waals surface area contributed by atoms with Crippen molar-refractivity contribution in [2.45, 2.75) is 44.6 Å². The standard InChI is InChI=1S/C20H28ClN3O2/c1-23(13-19(25)22-17-10-4-3-9-16(17)21)14-20(26)24-12-6-8-15-7-2-5-11-18(15)24/h3-4,9-10,15,18H,2,5-8,11-14H2,1H3,(H,22,25)/p+1/t15-,18+/m1/s1. The number of likely N-dealkylation sites (tertiary alicyclic amines) is 1. The topological polar surface area (TPSA) is 53.9 Å². The molecule has 0 radical (unpaired) electrons. The van der Waals surface area contributed by atoms with Crippen LogP contribution in [0.25, 0.3) is 0 Å². The molecular formula is C20H29ClN3O2+. The van der Waals surface area contributed by atoms with Crippen LogP contribution in [0, 0.1) is 5.92 Å². The monoisotopic (exact) mass is 378 g/mol. The van der Waals surface area contributed by atoms with Crippen LogP contribution < -0.4 is 10.2 Å². The molecule has 3 atom stereocenters. The number of nitrogens with zero attached hydrogens (tertiary/aromatic N) is 1. The van der Waals surface area contributed by atoms with Gasteiger partial charge in [-0.3, -0.25) is 9.59 Å². The Morgan fingerprint density at radius 1 is 1.15 bits per heavy atom. The number of anilines is 1. The number of carbonyl (C=O) groups is 2. The fraction of sp³-hybridized carbons (Fsp3) is 0.600. The Morgan fingerprint density at radius 2 is 1.88 bits per heavy atom. The third-order valence-corrected chi connectivity index (χ3v) is 5.96. The highest BCUT2D eigenvalue weighted by Crippen LogP contribution is 2.35. The number of nitrogens with one attached hydrogen (secondary N) is 2. The second kappa shape index (κ2) is 8.87. The molecule has 0 spiro atoms. The van der Waals surface area contributed by atoms with Crippen LogP contribution >= 0.6 is 11.6 Å². The number of piperidine rings is 1. The molecule has 1 unspecified atom stereocenters. The van der Waals surface area contributed by atoms with Gasteiger partial charge in [-0.2, -0.15) is 0 Å². The second-order valence-electron chi connectivity index (χ2n) is 7.68. The van der Waals surface area contributed by atoms with E-state index in [9.17, 15) is 9.59 Å². The van der Waals surface area contributed by atoms with E-state index >= 15 is 0 Å². The van der Waals surface area contributed by atoms with Crippen molar-refractivity contribution in [1.82, 2.24) is 4.90 Å². The molecule has 2 N–H and O–H groups in total. The van der Waals surface area contributed by atoms with Gasteiger partial charge in [0.2, 0.25) is 0 Å². The maximum atomic E-state index is 12.8. The molecule has 2 fully saturated rings. The number of hydrogen-bond acceptors (Lipinski definition) is 2. The molecule has 1 aromatic carbocycles. The maximum Gasteiger partial charge on any atom is 0.279 e. The first-order chi connectivity index (χ1) is 12.5. The van der Waals surface area contributed by atoms with Gasteiger partial charge in [0, 0.05) is 12.6 Å². The Bertz CT molecular complexity index is 650. The Morgan fingerprint density at radius 3 is 2.69 bits per heavy atom. The summed E-state index contributed by atoms with van der Waals surface area (Å²) in [5, 5.41) is 3.34. The molecule has 2 aliphatic rings. The second-order valence-corrected chi connectivity index (χ2v) is 8.09. The zero-order valence-electron chi connectivity index (χ0n) is 15.5. The van der Waals surface area contributed by atoms with Crippen LogP contribution in [0.2, 0.25) is 5.02 Å². The van der Waals surface area contributed by atoms with Crippen LogP contribution in [0.4, 0.5) is 5.69 Å². The van der Waals surface area contributed by atoms with E-state index in [1.54, 1.807) is 12.1 Å². The number of para-hydroxylation sites is 1. The van der Waals surface area contributed by atoms with Crippen molar-refractivity contribution in [3.63, 3.8) is 0 Å². The predicted octanol–water partition coefficient (Wildman–Crippen LogP) is 1.97. The minimum Gasteiger partial charge on any atom is -0.335 e. The quantitative estimate of drug-likeness (QED) is 0.823. The SMILES string of the molecule is C[NH+](CC(=O)Nc1ccccc1Cl)CC(=O)N1CCC[C@H]2CCCC[C@@H]21. The highest BCUT2D eigenvalue weighted by atomic mass is 35.5. The number of benzene rings is 1. The van der Waals surface area contributed by atoms with E-state index in [2.05, 4.69) is 10.2 Å². The Labute approximate surface area is 160 Å². The first-order valence-electron chi connectivity index (χ1n) is 9.69. The number of halogens is 1. The van der Waals surface area contributed by atoms with Crippen molar-refractivity contribution in [1.29, 1.82) is 0 Å². The number of fused-ring (bicyclic) bond motifs is 1. The van der Waals surface area contributed by atoms with Crippen molar-refractivity contribution >= 4 is 29.1 Å². The third-order valence-electron chi connectivity index (χ3n) is 5.63. The summed E-state index contributed by atoms with van der Waals surface area (Å²) in [7, 11) is 1.90. The smallest absolute Gasteiger partial charge is 0.279 e. The summed E-state index contributed by atoms with van der Waals surface area (Å²) in [6.07, 6.45) is 7.31. The van der Waals surface area contributed by atoms with Crippen LogP contribution in [-0.2, 0) is 9.59 Å². The Kier molecular flexibility index (Phi) is 6.54. The number of amides is 2. The van der Waals surface area contributed by atoms with E-state index in [1.165, 1.54) is 25.7 Å². The van der Waals surface area contributed by atoms with E-state index in [0.717, 1.165) is 24.3 Å². The number of likely N-dealkylation sites (N-methyl/N-ethyl adjacent to an activating group) is 1. The van der Waals surface area contributed by atoms with Gasteiger partial charge < -0.3 is 15.1 Å². The molecule has 1 saturated heterocycles. The van der Waals surface area contributed by atoms with Gasteiger partial charge in [-0.05, 0) is 43.7 Å². The van der Waals surface area contributed by atoms with Gasteiger partial charge in [0.25, 0.3) is 11.8 Å². The molecule has 2 amide bonds. The fourth-order valence-corrected chi connectivity index (χ4v) is 4.57. The molecule has 1 aliphatic heterocycles. The summed E-state index contributed by atoms with van der Waals surface area (Å²) in [6, 6.07) is 7.60. The van der Waals surface area contributed by atoms with E-state index in [1.807, 2.05) is 19.2 Å². The normalized spacial score (nSPS) is 23.8. The lowest BCUT2D eigenvalue weighted by Gasteiger charge is -2.44. The molecular weight excluding hydrogens is 350 g/mol. The number of hydrogen-bond donors (Lipinski definition) is 2. The van der Waals surface area contributed by atoms with Crippen molar-refractivity contribution in [2.75, 3.05) is 32.0 Å². The summed E-state index contributed by atoms with van der Waals surface area (Å²) in [5.74, 6) is 0.743. The predicted molar refractivity (Wildman–Crippen MR) is 103 cm³/mol. The van der Waals surface area contributed by atoms with E-state index in [4.69, 9.17) is 11.6 Å². The summed E-state index contributed by atoms with van der Waals surface area (Å²) in [4.78, 5) is 28.1. The number of rotatable bonds is 5. The van der Waals surface area contributed by atoms with Crippen molar-refractivity contribution in [2.24, 2.45) is 5.92 Å². The molecule has 1 heterocycles. The number of carbonyl (C=O) groups excluding carboxylic acids is 2. The maximum absolute atomic E-state index is 12.8. The van der Waals surface area contributed by atoms with E-state index in [-0.39, 0.29) is 18.4 Å². The Balaban J connectivity index is 1.50. The fourth-order valence-electron chi connectivity index (χ4n) is 4.39. The molecule has 26 heavy (non-hydrogen) atoms. The molecule has 3 rings (SSSR count). The van der Waals surface area contributed by atoms with Gasteiger partial charge in [0.1, 0.15) is 0 Å². The average Bonchev–Trinajstić information content (AvgIpc) is 2.63. The molecule has 0 bridgehead atoms. The van der Waals surface area contributed by atoms with Gasteiger partial charge in [0.05, 0.1) is 17.8 Å². The molecule has 142 valence electrons. The molecule has 1 saturated carbocycles. The first kappa shape index (κ1) is 19.2.